The lowest BCUT2D eigenvalue weighted by molar-refractivity contribution is -0.115. The molecule has 0 atom stereocenters. The third kappa shape index (κ3) is 7.05. The number of urea groups is 1. The molecule has 1 aliphatic heterocycles. The zero-order chi connectivity index (χ0) is 30.5. The highest BCUT2D eigenvalue weighted by molar-refractivity contribution is 8.15. The standard InChI is InChI=1S/C30H27F3N6O3S/c1-3-4-5-19-7-6-18(2)14-25(19)39-26(40)16-43-30(39)36-29(41)35-24-13-8-20(15-23(24)31)27-34-17-38(37-27)21-9-11-22(12-10-21)42-28(32)33/h6-15,17,28H,3-5,16H2,1-2H3,(H,35,41)/b36-30-. The molecule has 1 fully saturated rings. The molecule has 0 unspecified atom stereocenters. The molecule has 1 N–H and O–H groups in total. The van der Waals surface area contributed by atoms with Gasteiger partial charge in [-0.15, -0.1) is 5.10 Å². The fourth-order valence-corrected chi connectivity index (χ4v) is 5.29. The molecule has 4 aromatic rings. The highest BCUT2D eigenvalue weighted by Crippen LogP contribution is 2.32. The number of carbonyl (C=O) groups is 2. The molecule has 43 heavy (non-hydrogen) atoms. The molecule has 1 aromatic heterocycles. The van der Waals surface area contributed by atoms with E-state index in [9.17, 15) is 18.4 Å². The number of aryl methyl sites for hydroxylation is 2. The van der Waals surface area contributed by atoms with Crippen LogP contribution in [-0.2, 0) is 11.2 Å². The number of nitrogens with zero attached hydrogens (tertiary/aromatic N) is 5. The minimum Gasteiger partial charge on any atom is -0.435 e. The zero-order valence-corrected chi connectivity index (χ0v) is 24.1. The van der Waals surface area contributed by atoms with Gasteiger partial charge in [0.1, 0.15) is 17.9 Å². The summed E-state index contributed by atoms with van der Waals surface area (Å²) in [4.78, 5) is 35.4. The summed E-state index contributed by atoms with van der Waals surface area (Å²) in [6.07, 6.45) is 4.13. The lowest BCUT2D eigenvalue weighted by atomic mass is 10.0. The Morgan fingerprint density at radius 2 is 1.93 bits per heavy atom. The van der Waals surface area contributed by atoms with Crippen LogP contribution in [0.25, 0.3) is 17.1 Å². The van der Waals surface area contributed by atoms with Crippen LogP contribution in [0.2, 0.25) is 0 Å². The first kappa shape index (κ1) is 29.8. The number of aliphatic imine (C=N–C) groups is 1. The highest BCUT2D eigenvalue weighted by atomic mass is 32.2. The van der Waals surface area contributed by atoms with Crippen molar-refractivity contribution in [3.63, 3.8) is 0 Å². The molecule has 13 heteroatoms. The van der Waals surface area contributed by atoms with Crippen molar-refractivity contribution in [3.8, 4) is 22.8 Å². The average Bonchev–Trinajstić information content (AvgIpc) is 3.60. The van der Waals surface area contributed by atoms with Crippen LogP contribution in [-0.4, -0.2) is 44.2 Å². The van der Waals surface area contributed by atoms with E-state index in [2.05, 4.69) is 32.1 Å². The van der Waals surface area contributed by atoms with Gasteiger partial charge in [0.25, 0.3) is 0 Å². The van der Waals surface area contributed by atoms with Gasteiger partial charge in [0.2, 0.25) is 5.91 Å². The lowest BCUT2D eigenvalue weighted by Gasteiger charge is -2.20. The van der Waals surface area contributed by atoms with Crippen LogP contribution in [0, 0.1) is 12.7 Å². The number of benzene rings is 3. The Labute approximate surface area is 249 Å². The number of anilines is 2. The number of rotatable bonds is 9. The van der Waals surface area contributed by atoms with Crippen LogP contribution in [0.4, 0.5) is 29.3 Å². The number of unbranched alkanes of at least 4 members (excludes halogenated alkanes) is 1. The third-order valence-corrected chi connectivity index (χ3v) is 7.45. The molecule has 0 spiro atoms. The van der Waals surface area contributed by atoms with Crippen molar-refractivity contribution in [2.24, 2.45) is 4.99 Å². The van der Waals surface area contributed by atoms with Crippen LogP contribution in [0.1, 0.15) is 30.9 Å². The molecule has 222 valence electrons. The van der Waals surface area contributed by atoms with Gasteiger partial charge in [0, 0.05) is 5.56 Å². The Kier molecular flexibility index (Phi) is 9.10. The topological polar surface area (TPSA) is 102 Å². The van der Waals surface area contributed by atoms with E-state index in [0.29, 0.717) is 16.9 Å². The predicted molar refractivity (Wildman–Crippen MR) is 160 cm³/mol. The number of ether oxygens (including phenoxy) is 1. The maximum atomic E-state index is 15.0. The second kappa shape index (κ2) is 13.1. The Morgan fingerprint density at radius 1 is 1.14 bits per heavy atom. The Bertz CT molecular complexity index is 1680. The number of thioether (sulfide) groups is 1. The summed E-state index contributed by atoms with van der Waals surface area (Å²) >= 11 is 1.15. The maximum Gasteiger partial charge on any atom is 0.387 e. The minimum atomic E-state index is -2.93. The number of amides is 3. The van der Waals surface area contributed by atoms with Crippen LogP contribution in [0.3, 0.4) is 0 Å². The molecule has 1 aliphatic rings. The van der Waals surface area contributed by atoms with Gasteiger partial charge in [0.05, 0.1) is 22.8 Å². The van der Waals surface area contributed by atoms with Crippen molar-refractivity contribution in [3.05, 3.63) is 83.9 Å². The quantitative estimate of drug-likeness (QED) is 0.220. The monoisotopic (exact) mass is 608 g/mol. The van der Waals surface area contributed by atoms with E-state index >= 15 is 4.39 Å². The van der Waals surface area contributed by atoms with Gasteiger partial charge in [-0.1, -0.05) is 37.2 Å². The number of halogens is 3. The summed E-state index contributed by atoms with van der Waals surface area (Å²) in [5, 5.41) is 6.99. The smallest absolute Gasteiger partial charge is 0.387 e. The summed E-state index contributed by atoms with van der Waals surface area (Å²) in [6.45, 7) is 1.10. The summed E-state index contributed by atoms with van der Waals surface area (Å²) in [7, 11) is 0. The first-order valence-corrected chi connectivity index (χ1v) is 14.4. The summed E-state index contributed by atoms with van der Waals surface area (Å²) in [6, 6.07) is 14.9. The maximum absolute atomic E-state index is 15.0. The molecule has 0 saturated carbocycles. The Balaban J connectivity index is 1.30. The third-order valence-electron chi connectivity index (χ3n) is 6.53. The van der Waals surface area contributed by atoms with Crippen molar-refractivity contribution in [1.29, 1.82) is 0 Å². The SMILES string of the molecule is CCCCc1ccc(C)cc1N1C(=O)CS/C1=N\C(=O)Nc1ccc(-c2ncn(-c3ccc(OC(F)F)cc3)n2)cc1F. The van der Waals surface area contributed by atoms with Gasteiger partial charge < -0.3 is 10.1 Å². The molecule has 1 saturated heterocycles. The van der Waals surface area contributed by atoms with E-state index in [-0.39, 0.29) is 34.1 Å². The molecule has 5 rings (SSSR count). The Hall–Kier alpha value is -4.65. The number of hydrogen-bond donors (Lipinski definition) is 1. The van der Waals surface area contributed by atoms with Crippen molar-refractivity contribution >= 4 is 40.2 Å². The van der Waals surface area contributed by atoms with Gasteiger partial charge >= 0.3 is 12.6 Å². The second-order valence-electron chi connectivity index (χ2n) is 9.66. The van der Waals surface area contributed by atoms with Crippen molar-refractivity contribution < 1.29 is 27.5 Å². The van der Waals surface area contributed by atoms with Gasteiger partial charge in [-0.05, 0) is 79.4 Å². The summed E-state index contributed by atoms with van der Waals surface area (Å²) < 4.78 is 45.6. The molecular weight excluding hydrogens is 581 g/mol. The molecule has 3 aromatic carbocycles. The van der Waals surface area contributed by atoms with E-state index < -0.39 is 18.5 Å². The highest BCUT2D eigenvalue weighted by Gasteiger charge is 2.32. The van der Waals surface area contributed by atoms with Gasteiger partial charge in [-0.3, -0.25) is 9.69 Å². The fourth-order valence-electron chi connectivity index (χ4n) is 4.43. The molecule has 2 heterocycles. The van der Waals surface area contributed by atoms with E-state index in [1.165, 1.54) is 58.4 Å². The largest absolute Gasteiger partial charge is 0.435 e. The van der Waals surface area contributed by atoms with Gasteiger partial charge in [-0.25, -0.2) is 18.9 Å². The molecule has 0 bridgehead atoms. The summed E-state index contributed by atoms with van der Waals surface area (Å²) in [5.41, 5.74) is 3.45. The van der Waals surface area contributed by atoms with Gasteiger partial charge in [-0.2, -0.15) is 13.8 Å². The first-order valence-electron chi connectivity index (χ1n) is 13.4. The molecule has 9 nitrogen and oxygen atoms in total. The van der Waals surface area contributed by atoms with E-state index in [1.54, 1.807) is 0 Å². The number of carbonyl (C=O) groups excluding carboxylic acids is 2. The molecule has 0 aliphatic carbocycles. The molecule has 0 radical (unpaired) electrons. The zero-order valence-electron chi connectivity index (χ0n) is 23.3. The van der Waals surface area contributed by atoms with Crippen molar-refractivity contribution in [1.82, 2.24) is 14.8 Å². The first-order chi connectivity index (χ1) is 20.7. The van der Waals surface area contributed by atoms with E-state index in [0.717, 1.165) is 42.2 Å². The van der Waals surface area contributed by atoms with Crippen molar-refractivity contribution in [2.45, 2.75) is 39.7 Å². The number of aromatic nitrogens is 3. The average molecular weight is 609 g/mol. The molecule has 3 amide bonds. The van der Waals surface area contributed by atoms with Crippen LogP contribution in [0.15, 0.2) is 72.0 Å². The van der Waals surface area contributed by atoms with E-state index in [4.69, 9.17) is 0 Å². The van der Waals surface area contributed by atoms with Crippen molar-refractivity contribution in [2.75, 3.05) is 16.0 Å². The minimum absolute atomic E-state index is 0.00153. The second-order valence-corrected chi connectivity index (χ2v) is 10.6. The lowest BCUT2D eigenvalue weighted by Crippen LogP contribution is -2.31. The summed E-state index contributed by atoms with van der Waals surface area (Å²) in [5.74, 6) is -0.563. The van der Waals surface area contributed by atoms with Crippen LogP contribution < -0.4 is 15.0 Å². The number of alkyl halides is 2. The van der Waals surface area contributed by atoms with Crippen LogP contribution >= 0.6 is 11.8 Å². The normalized spacial score (nSPS) is 14.1. The number of hydrogen-bond acceptors (Lipinski definition) is 6. The number of nitrogens with one attached hydrogen (secondary N) is 1. The predicted octanol–water partition coefficient (Wildman–Crippen LogP) is 6.99. The molecular formula is C30H27F3N6O3S. The Morgan fingerprint density at radius 3 is 2.65 bits per heavy atom. The van der Waals surface area contributed by atoms with E-state index in [1.807, 2.05) is 25.1 Å². The number of amidine groups is 1. The van der Waals surface area contributed by atoms with Gasteiger partial charge in [0.15, 0.2) is 11.0 Å². The van der Waals surface area contributed by atoms with Crippen LogP contribution in [0.5, 0.6) is 5.75 Å². The fraction of sp³-hybridized carbons (Fsp3) is 0.233.